The summed E-state index contributed by atoms with van der Waals surface area (Å²) in [5.74, 6) is 0.269. The molecule has 1 aromatic heterocycles. The molecule has 0 amide bonds. The highest BCUT2D eigenvalue weighted by Gasteiger charge is 2.45. The van der Waals surface area contributed by atoms with Gasteiger partial charge in [0.2, 0.25) is 11.1 Å². The maximum Gasteiger partial charge on any atom is 0.218 e. The highest BCUT2D eigenvalue weighted by Crippen LogP contribution is 2.34. The minimum Gasteiger partial charge on any atom is -0.380 e. The van der Waals surface area contributed by atoms with Crippen molar-refractivity contribution in [3.8, 4) is 5.69 Å². The molecule has 3 aromatic rings. The Labute approximate surface area is 172 Å². The van der Waals surface area contributed by atoms with E-state index >= 15 is 0 Å². The lowest BCUT2D eigenvalue weighted by molar-refractivity contribution is -0.156. The van der Waals surface area contributed by atoms with Gasteiger partial charge in [0, 0.05) is 12.1 Å². The van der Waals surface area contributed by atoms with E-state index in [1.807, 2.05) is 60.7 Å². The summed E-state index contributed by atoms with van der Waals surface area (Å²) in [7, 11) is 0. The third-order valence-corrected chi connectivity index (χ3v) is 5.70. The zero-order valence-corrected chi connectivity index (χ0v) is 16.2. The van der Waals surface area contributed by atoms with E-state index in [4.69, 9.17) is 21.7 Å². The molecule has 0 spiro atoms. The Bertz CT molecular complexity index is 1100. The van der Waals surface area contributed by atoms with Crippen molar-refractivity contribution in [2.24, 2.45) is 0 Å². The lowest BCUT2D eigenvalue weighted by Gasteiger charge is -2.26. The summed E-state index contributed by atoms with van der Waals surface area (Å²) in [4.78, 5) is 12.3. The Hall–Kier alpha value is -2.65. The van der Waals surface area contributed by atoms with Gasteiger partial charge < -0.3 is 14.6 Å². The molecule has 29 heavy (non-hydrogen) atoms. The molecule has 2 fully saturated rings. The first kappa shape index (κ1) is 18.4. The summed E-state index contributed by atoms with van der Waals surface area (Å²) >= 11 is 5.74. The average Bonchev–Trinajstić information content (AvgIpc) is 3.34. The zero-order chi connectivity index (χ0) is 20.0. The number of aliphatic hydroxyl groups excluding tert-OH is 1. The molecule has 148 valence electrons. The van der Waals surface area contributed by atoms with Crippen LogP contribution in [0.3, 0.4) is 0 Å². The van der Waals surface area contributed by atoms with Gasteiger partial charge in [-0.1, -0.05) is 48.5 Å². The summed E-state index contributed by atoms with van der Waals surface area (Å²) in [6.45, 7) is 0.317. The largest absolute Gasteiger partial charge is 0.380 e. The van der Waals surface area contributed by atoms with Crippen LogP contribution in [0.5, 0.6) is 0 Å². The number of para-hydroxylation sites is 1. The van der Waals surface area contributed by atoms with E-state index in [0.29, 0.717) is 22.8 Å². The number of fused-ring (bicyclic) bond motifs is 2. The highest BCUT2D eigenvalue weighted by atomic mass is 32.1. The standard InChI is InChI=1S/C21H19N3O4S/c25-16-11-15(17-12-27-20(16)28-17)24-21(29)23(14-9-5-2-6-10-14)19(22-24)18(26)13-7-3-1-4-8-13/h1-10,15,17-18,20,26H,11-12H2/t15-,17+,18-,20-/m0/s1. The van der Waals surface area contributed by atoms with Crippen molar-refractivity contribution in [2.75, 3.05) is 6.61 Å². The lowest BCUT2D eigenvalue weighted by atomic mass is 10.0. The number of ether oxygens (including phenoxy) is 2. The number of Topliss-reactive ketones (excluding diaryl/α,β-unsaturated/α-hetero) is 1. The number of ketones is 1. The number of benzene rings is 2. The van der Waals surface area contributed by atoms with Gasteiger partial charge in [-0.05, 0) is 29.9 Å². The Morgan fingerprint density at radius 1 is 1.10 bits per heavy atom. The fourth-order valence-corrected chi connectivity index (χ4v) is 4.24. The SMILES string of the molecule is O=C1C[C@H](n2nc([C@@H](O)c3ccccc3)n(-c3ccccc3)c2=S)[C@H]2CO[C@H]1O2. The summed E-state index contributed by atoms with van der Waals surface area (Å²) < 4.78 is 14.9. The molecule has 4 atom stereocenters. The number of hydrogen-bond acceptors (Lipinski definition) is 6. The van der Waals surface area contributed by atoms with Crippen LogP contribution in [0.1, 0.15) is 30.0 Å². The normalized spacial score (nSPS) is 24.6. The summed E-state index contributed by atoms with van der Waals surface area (Å²) in [5, 5.41) is 15.8. The second-order valence-electron chi connectivity index (χ2n) is 7.15. The summed E-state index contributed by atoms with van der Waals surface area (Å²) in [5.41, 5.74) is 1.49. The first-order valence-corrected chi connectivity index (χ1v) is 9.84. The Balaban J connectivity index is 1.65. The van der Waals surface area contributed by atoms with Crippen LogP contribution >= 0.6 is 12.2 Å². The van der Waals surface area contributed by atoms with E-state index in [-0.39, 0.29) is 24.3 Å². The number of hydrogen-bond donors (Lipinski definition) is 1. The van der Waals surface area contributed by atoms with Crippen LogP contribution in [0, 0.1) is 4.77 Å². The van der Waals surface area contributed by atoms with Gasteiger partial charge >= 0.3 is 0 Å². The molecule has 1 N–H and O–H groups in total. The topological polar surface area (TPSA) is 78.5 Å². The van der Waals surface area contributed by atoms with Crippen molar-refractivity contribution < 1.29 is 19.4 Å². The number of rotatable bonds is 4. The number of aliphatic hydroxyl groups is 1. The Morgan fingerprint density at radius 2 is 1.79 bits per heavy atom. The summed E-state index contributed by atoms with van der Waals surface area (Å²) in [6.07, 6.45) is -1.83. The quantitative estimate of drug-likeness (QED) is 0.668. The van der Waals surface area contributed by atoms with Crippen LogP contribution in [0.4, 0.5) is 0 Å². The third-order valence-electron chi connectivity index (χ3n) is 5.33. The molecule has 2 aliphatic rings. The van der Waals surface area contributed by atoms with Crippen LogP contribution in [-0.2, 0) is 14.3 Å². The van der Waals surface area contributed by atoms with Gasteiger partial charge in [-0.25, -0.2) is 4.68 Å². The summed E-state index contributed by atoms with van der Waals surface area (Å²) in [6, 6.07) is 18.4. The maximum atomic E-state index is 12.3. The van der Waals surface area contributed by atoms with Gasteiger partial charge in [0.1, 0.15) is 12.2 Å². The predicted molar refractivity (Wildman–Crippen MR) is 106 cm³/mol. The molecule has 2 aliphatic heterocycles. The van der Waals surface area contributed by atoms with Crippen molar-refractivity contribution >= 4 is 18.0 Å². The zero-order valence-electron chi connectivity index (χ0n) is 15.4. The van der Waals surface area contributed by atoms with E-state index < -0.39 is 12.4 Å². The van der Waals surface area contributed by atoms with E-state index in [0.717, 1.165) is 5.69 Å². The van der Waals surface area contributed by atoms with Crippen LogP contribution < -0.4 is 0 Å². The number of carbonyl (C=O) groups excluding carboxylic acids is 1. The van der Waals surface area contributed by atoms with Gasteiger partial charge in [-0.2, -0.15) is 5.10 Å². The van der Waals surface area contributed by atoms with Crippen molar-refractivity contribution in [3.05, 3.63) is 76.8 Å². The molecule has 0 radical (unpaired) electrons. The smallest absolute Gasteiger partial charge is 0.218 e. The van der Waals surface area contributed by atoms with E-state index in [1.54, 1.807) is 9.25 Å². The molecule has 3 heterocycles. The fourth-order valence-electron chi connectivity index (χ4n) is 3.86. The van der Waals surface area contributed by atoms with Gasteiger partial charge in [0.05, 0.1) is 12.6 Å². The third kappa shape index (κ3) is 3.14. The van der Waals surface area contributed by atoms with Crippen LogP contribution in [0.25, 0.3) is 5.69 Å². The lowest BCUT2D eigenvalue weighted by Crippen LogP contribution is -2.37. The van der Waals surface area contributed by atoms with Gasteiger partial charge in [0.25, 0.3) is 0 Å². The van der Waals surface area contributed by atoms with E-state index in [1.165, 1.54) is 0 Å². The van der Waals surface area contributed by atoms with E-state index in [9.17, 15) is 9.90 Å². The number of aromatic nitrogens is 3. The van der Waals surface area contributed by atoms with Gasteiger partial charge in [-0.3, -0.25) is 9.36 Å². The molecule has 0 aliphatic carbocycles. The second kappa shape index (κ2) is 7.31. The first-order valence-electron chi connectivity index (χ1n) is 9.43. The van der Waals surface area contributed by atoms with Crippen LogP contribution in [0.2, 0.25) is 0 Å². The van der Waals surface area contributed by atoms with Crippen molar-refractivity contribution in [1.82, 2.24) is 14.3 Å². The first-order chi connectivity index (χ1) is 14.1. The number of nitrogens with zero attached hydrogens (tertiary/aromatic N) is 3. The molecule has 2 aromatic carbocycles. The van der Waals surface area contributed by atoms with Crippen molar-refractivity contribution in [2.45, 2.75) is 31.0 Å². The molecular weight excluding hydrogens is 390 g/mol. The van der Waals surface area contributed by atoms with Crippen molar-refractivity contribution in [3.63, 3.8) is 0 Å². The minimum atomic E-state index is -0.979. The van der Waals surface area contributed by atoms with Gasteiger partial charge in [-0.15, -0.1) is 0 Å². The molecule has 0 saturated carbocycles. The molecule has 5 rings (SSSR count). The average molecular weight is 409 g/mol. The maximum absolute atomic E-state index is 12.3. The molecule has 8 heteroatoms. The van der Waals surface area contributed by atoms with Gasteiger partial charge in [0.15, 0.2) is 11.6 Å². The fraction of sp³-hybridized carbons (Fsp3) is 0.286. The minimum absolute atomic E-state index is 0.120. The number of carbonyl (C=O) groups is 1. The molecule has 0 unspecified atom stereocenters. The monoisotopic (exact) mass is 409 g/mol. The Kier molecular flexibility index (Phi) is 4.63. The molecule has 2 saturated heterocycles. The predicted octanol–water partition coefficient (Wildman–Crippen LogP) is 2.74. The van der Waals surface area contributed by atoms with Crippen molar-refractivity contribution in [1.29, 1.82) is 0 Å². The van der Waals surface area contributed by atoms with E-state index in [2.05, 4.69) is 5.10 Å². The molecular formula is C21H19N3O4S. The Morgan fingerprint density at radius 3 is 2.52 bits per heavy atom. The van der Waals surface area contributed by atoms with Crippen LogP contribution in [0.15, 0.2) is 60.7 Å². The molecule has 2 bridgehead atoms. The second-order valence-corrected chi connectivity index (χ2v) is 7.51. The molecule has 7 nitrogen and oxygen atoms in total. The van der Waals surface area contributed by atoms with Crippen LogP contribution in [-0.4, -0.2) is 44.2 Å². The highest BCUT2D eigenvalue weighted by molar-refractivity contribution is 7.71.